The minimum Gasteiger partial charge on any atom is -0.465 e. The van der Waals surface area contributed by atoms with Gasteiger partial charge < -0.3 is 19.5 Å². The molecule has 0 aliphatic heterocycles. The molecule has 1 N–H and O–H groups in total. The number of methoxy groups -OCH3 is 1. The molecule has 1 aliphatic rings. The summed E-state index contributed by atoms with van der Waals surface area (Å²) in [6.45, 7) is 4.59. The van der Waals surface area contributed by atoms with Gasteiger partial charge in [0.25, 0.3) is 5.91 Å². The molecule has 3 rings (SSSR count). The number of carbonyl (C=O) groups excluding carboxylic acids is 3. The second-order valence-corrected chi connectivity index (χ2v) is 9.52. The molecule has 0 bridgehead atoms. The molecule has 0 aromatic carbocycles. The molecule has 2 amide bonds. The van der Waals surface area contributed by atoms with Crippen molar-refractivity contribution in [3.05, 3.63) is 21.8 Å². The third kappa shape index (κ3) is 5.09. The number of hydrogen-bond donors (Lipinski definition) is 1. The van der Waals surface area contributed by atoms with Crippen molar-refractivity contribution in [3.63, 3.8) is 0 Å². The Morgan fingerprint density at radius 3 is 2.58 bits per heavy atom. The Kier molecular flexibility index (Phi) is 7.37. The lowest BCUT2D eigenvalue weighted by atomic mass is 10.1. The van der Waals surface area contributed by atoms with Crippen molar-refractivity contribution in [2.75, 3.05) is 32.3 Å². The fourth-order valence-electron chi connectivity index (χ4n) is 3.13. The average molecular weight is 466 g/mol. The van der Waals surface area contributed by atoms with E-state index in [1.165, 1.54) is 23.8 Å². The van der Waals surface area contributed by atoms with E-state index in [9.17, 15) is 14.4 Å². The summed E-state index contributed by atoms with van der Waals surface area (Å²) in [5.74, 6) is 0.472. The summed E-state index contributed by atoms with van der Waals surface area (Å²) in [5.41, 5.74) is 0.705. The lowest BCUT2D eigenvalue weighted by Crippen LogP contribution is -2.21. The molecule has 1 saturated carbocycles. The van der Waals surface area contributed by atoms with Gasteiger partial charge in [0, 0.05) is 26.6 Å². The average Bonchev–Trinajstić information content (AvgIpc) is 3.43. The Balaban J connectivity index is 1.75. The molecule has 1 fully saturated rings. The highest BCUT2D eigenvalue weighted by atomic mass is 32.2. The van der Waals surface area contributed by atoms with Crippen LogP contribution in [0.4, 0.5) is 5.00 Å². The number of nitrogens with zero attached hydrogens (tertiary/aromatic N) is 4. The van der Waals surface area contributed by atoms with Crippen LogP contribution in [0.25, 0.3) is 0 Å². The van der Waals surface area contributed by atoms with Crippen LogP contribution in [0, 0.1) is 6.92 Å². The van der Waals surface area contributed by atoms with Gasteiger partial charge in [-0.15, -0.1) is 21.5 Å². The molecule has 0 radical (unpaired) electrons. The first kappa shape index (κ1) is 23.3. The van der Waals surface area contributed by atoms with Crippen molar-refractivity contribution in [1.82, 2.24) is 19.7 Å². The normalized spacial score (nSPS) is 13.2. The first-order chi connectivity index (χ1) is 14.8. The van der Waals surface area contributed by atoms with Crippen molar-refractivity contribution in [2.24, 2.45) is 0 Å². The maximum absolute atomic E-state index is 12.7. The topological polar surface area (TPSA) is 106 Å². The van der Waals surface area contributed by atoms with Crippen molar-refractivity contribution in [3.8, 4) is 0 Å². The highest BCUT2D eigenvalue weighted by Gasteiger charge is 2.31. The zero-order chi connectivity index (χ0) is 22.7. The van der Waals surface area contributed by atoms with E-state index in [2.05, 4.69) is 27.0 Å². The Labute approximate surface area is 189 Å². The quantitative estimate of drug-likeness (QED) is 0.448. The maximum atomic E-state index is 12.7. The Morgan fingerprint density at radius 2 is 2.00 bits per heavy atom. The fraction of sp³-hybridized carbons (Fsp3) is 0.550. The van der Waals surface area contributed by atoms with Crippen molar-refractivity contribution in [1.29, 1.82) is 0 Å². The van der Waals surface area contributed by atoms with Gasteiger partial charge in [0.15, 0.2) is 5.16 Å². The highest BCUT2D eigenvalue weighted by Crippen LogP contribution is 2.40. The summed E-state index contributed by atoms with van der Waals surface area (Å²) in [7, 11) is 4.54. The van der Waals surface area contributed by atoms with Gasteiger partial charge in [0.2, 0.25) is 5.91 Å². The number of nitrogens with one attached hydrogen (secondary N) is 1. The number of hydrogen-bond acceptors (Lipinski definition) is 8. The van der Waals surface area contributed by atoms with E-state index in [1.54, 1.807) is 21.0 Å². The third-order valence-corrected chi connectivity index (χ3v) is 7.02. The molecule has 11 heteroatoms. The van der Waals surface area contributed by atoms with Crippen LogP contribution in [0.1, 0.15) is 63.5 Å². The zero-order valence-corrected chi connectivity index (χ0v) is 20.0. The van der Waals surface area contributed by atoms with Gasteiger partial charge in [-0.05, 0) is 31.7 Å². The summed E-state index contributed by atoms with van der Waals surface area (Å²) in [6, 6.07) is 0. The third-order valence-electron chi connectivity index (χ3n) is 4.86. The first-order valence-corrected chi connectivity index (χ1v) is 11.9. The number of ether oxygens (including phenoxy) is 1. The van der Waals surface area contributed by atoms with Crippen LogP contribution < -0.4 is 5.32 Å². The van der Waals surface area contributed by atoms with Crippen LogP contribution >= 0.6 is 23.1 Å². The SMILES string of the molecule is CCCn1c(SCC(=O)Nc2sc(C(=O)N(C)C)c(C)c2C(=O)OC)nnc1C1CC1. The molecular formula is C20H27N5O4S2. The molecule has 2 heterocycles. The zero-order valence-electron chi connectivity index (χ0n) is 18.4. The van der Waals surface area contributed by atoms with Gasteiger partial charge in [0.1, 0.15) is 10.8 Å². The Hall–Kier alpha value is -2.40. The maximum Gasteiger partial charge on any atom is 0.341 e. The Bertz CT molecular complexity index is 994. The standard InChI is InChI=1S/C20H27N5O4S2/c1-6-9-25-16(12-7-8-12)22-23-20(25)30-10-13(26)21-17-14(19(28)29-5)11(2)15(31-17)18(27)24(3)4/h12H,6-10H2,1-5H3,(H,21,26). The number of amides is 2. The van der Waals surface area contributed by atoms with Crippen LogP contribution in [0.2, 0.25) is 0 Å². The minimum atomic E-state index is -0.591. The summed E-state index contributed by atoms with van der Waals surface area (Å²) in [6.07, 6.45) is 3.22. The van der Waals surface area contributed by atoms with E-state index >= 15 is 0 Å². The number of anilines is 1. The first-order valence-electron chi connectivity index (χ1n) is 10.1. The number of rotatable bonds is 9. The van der Waals surface area contributed by atoms with E-state index in [1.807, 2.05) is 0 Å². The van der Waals surface area contributed by atoms with E-state index < -0.39 is 5.97 Å². The van der Waals surface area contributed by atoms with Crippen LogP contribution in [-0.2, 0) is 16.1 Å². The molecule has 2 aromatic rings. The summed E-state index contributed by atoms with van der Waals surface area (Å²) >= 11 is 2.39. The van der Waals surface area contributed by atoms with Crippen LogP contribution in [0.5, 0.6) is 0 Å². The lowest BCUT2D eigenvalue weighted by Gasteiger charge is -2.09. The second kappa shape index (κ2) is 9.82. The van der Waals surface area contributed by atoms with Crippen LogP contribution in [0.3, 0.4) is 0 Å². The van der Waals surface area contributed by atoms with E-state index in [0.717, 1.165) is 48.1 Å². The van der Waals surface area contributed by atoms with Gasteiger partial charge >= 0.3 is 5.97 Å². The molecule has 2 aromatic heterocycles. The van der Waals surface area contributed by atoms with Crippen molar-refractivity contribution >= 4 is 45.9 Å². The minimum absolute atomic E-state index is 0.112. The molecule has 1 aliphatic carbocycles. The second-order valence-electron chi connectivity index (χ2n) is 7.56. The summed E-state index contributed by atoms with van der Waals surface area (Å²) in [4.78, 5) is 39.2. The number of thioether (sulfide) groups is 1. The monoisotopic (exact) mass is 465 g/mol. The van der Waals surface area contributed by atoms with Gasteiger partial charge in [-0.3, -0.25) is 9.59 Å². The molecule has 0 unspecified atom stereocenters. The van der Waals surface area contributed by atoms with Gasteiger partial charge in [0.05, 0.1) is 23.3 Å². The summed E-state index contributed by atoms with van der Waals surface area (Å²) in [5, 5.41) is 12.4. The molecule has 0 spiro atoms. The molecule has 168 valence electrons. The fourth-order valence-corrected chi connectivity index (χ4v) is 5.14. The molecule has 9 nitrogen and oxygen atoms in total. The number of carbonyl (C=O) groups is 3. The smallest absolute Gasteiger partial charge is 0.341 e. The van der Waals surface area contributed by atoms with E-state index in [-0.39, 0.29) is 23.1 Å². The number of aromatic nitrogens is 3. The van der Waals surface area contributed by atoms with Gasteiger partial charge in [-0.1, -0.05) is 18.7 Å². The predicted molar refractivity (Wildman–Crippen MR) is 120 cm³/mol. The highest BCUT2D eigenvalue weighted by molar-refractivity contribution is 7.99. The lowest BCUT2D eigenvalue weighted by molar-refractivity contribution is -0.113. The molecule has 31 heavy (non-hydrogen) atoms. The van der Waals surface area contributed by atoms with Crippen molar-refractivity contribution < 1.29 is 19.1 Å². The number of esters is 1. The number of thiophene rings is 1. The van der Waals surface area contributed by atoms with Crippen molar-refractivity contribution in [2.45, 2.75) is 50.7 Å². The van der Waals surface area contributed by atoms with Crippen LogP contribution in [0.15, 0.2) is 5.16 Å². The van der Waals surface area contributed by atoms with Gasteiger partial charge in [-0.2, -0.15) is 0 Å². The Morgan fingerprint density at radius 1 is 1.29 bits per heavy atom. The molecular weight excluding hydrogens is 438 g/mol. The molecule has 0 saturated heterocycles. The van der Waals surface area contributed by atoms with Crippen LogP contribution in [-0.4, -0.2) is 64.4 Å². The van der Waals surface area contributed by atoms with E-state index in [0.29, 0.717) is 21.4 Å². The predicted octanol–water partition coefficient (Wildman–Crippen LogP) is 3.15. The summed E-state index contributed by atoms with van der Waals surface area (Å²) < 4.78 is 6.96. The largest absolute Gasteiger partial charge is 0.465 e. The van der Waals surface area contributed by atoms with Gasteiger partial charge in [-0.25, -0.2) is 4.79 Å². The van der Waals surface area contributed by atoms with E-state index in [4.69, 9.17) is 4.74 Å². The molecule has 0 atom stereocenters.